The Hall–Kier alpha value is -2.99. The number of halogens is 4. The number of carbonyl (C=O) groups is 2. The molecule has 3 heterocycles. The average molecular weight is 638 g/mol. The first-order chi connectivity index (χ1) is 20.0. The maximum Gasteiger partial charge on any atom is 0.277 e. The van der Waals surface area contributed by atoms with E-state index in [9.17, 15) is 35.6 Å². The summed E-state index contributed by atoms with van der Waals surface area (Å²) in [6, 6.07) is 0.302. The summed E-state index contributed by atoms with van der Waals surface area (Å²) in [5.41, 5.74) is -0.123. The molecule has 0 spiro atoms. The molecule has 1 saturated carbocycles. The molecule has 2 amide bonds. The molecule has 3 N–H and O–H groups in total. The highest BCUT2D eigenvalue weighted by atomic mass is 32.2. The number of pyridine rings is 1. The molecule has 1 saturated heterocycles. The lowest BCUT2D eigenvalue weighted by Crippen LogP contribution is -2.49. The van der Waals surface area contributed by atoms with Crippen LogP contribution >= 0.6 is 11.8 Å². The lowest BCUT2D eigenvalue weighted by molar-refractivity contribution is -0.119. The van der Waals surface area contributed by atoms with E-state index in [2.05, 4.69) is 30.6 Å². The van der Waals surface area contributed by atoms with E-state index in [-0.39, 0.29) is 33.0 Å². The monoisotopic (exact) mass is 637 g/mol. The molecule has 2 fully saturated rings. The van der Waals surface area contributed by atoms with E-state index < -0.39 is 53.0 Å². The van der Waals surface area contributed by atoms with E-state index in [1.54, 1.807) is 4.90 Å². The van der Waals surface area contributed by atoms with Crippen molar-refractivity contribution in [2.24, 2.45) is 5.92 Å². The van der Waals surface area contributed by atoms with Gasteiger partial charge in [-0.3, -0.25) is 9.59 Å². The number of alkyl halides is 4. The van der Waals surface area contributed by atoms with Crippen molar-refractivity contribution in [3.8, 4) is 0 Å². The third-order valence-electron chi connectivity index (χ3n) is 6.97. The molecule has 2 aromatic rings. The Morgan fingerprint density at radius 2 is 1.76 bits per heavy atom. The zero-order valence-electron chi connectivity index (χ0n) is 22.4. The molecule has 2 aromatic heterocycles. The largest absolute Gasteiger partial charge is 0.370 e. The van der Waals surface area contributed by atoms with E-state index in [0.29, 0.717) is 37.7 Å². The molecule has 18 heteroatoms. The van der Waals surface area contributed by atoms with Crippen LogP contribution < -0.4 is 20.3 Å². The highest BCUT2D eigenvalue weighted by Gasteiger charge is 2.34. The van der Waals surface area contributed by atoms with Crippen LogP contribution in [0.4, 0.5) is 29.1 Å². The van der Waals surface area contributed by atoms with Gasteiger partial charge in [0.2, 0.25) is 28.0 Å². The third kappa shape index (κ3) is 8.31. The normalized spacial score (nSPS) is 17.1. The van der Waals surface area contributed by atoms with Crippen LogP contribution in [-0.2, 0) is 14.8 Å². The van der Waals surface area contributed by atoms with Gasteiger partial charge in [-0.2, -0.15) is 0 Å². The fourth-order valence-corrected chi connectivity index (χ4v) is 6.79. The van der Waals surface area contributed by atoms with Gasteiger partial charge in [0, 0.05) is 19.2 Å². The molecule has 0 radical (unpaired) electrons. The highest BCUT2D eigenvalue weighted by Crippen LogP contribution is 2.31. The van der Waals surface area contributed by atoms with Crippen molar-refractivity contribution in [2.75, 3.05) is 35.6 Å². The quantitative estimate of drug-likeness (QED) is 0.220. The molecule has 0 aromatic carbocycles. The van der Waals surface area contributed by atoms with Gasteiger partial charge in [-0.25, -0.2) is 40.3 Å². The predicted molar refractivity (Wildman–Crippen MR) is 144 cm³/mol. The summed E-state index contributed by atoms with van der Waals surface area (Å²) in [4.78, 5) is 32.2. The zero-order chi connectivity index (χ0) is 30.3. The van der Waals surface area contributed by atoms with Crippen molar-refractivity contribution >= 4 is 45.1 Å². The number of nitrogens with one attached hydrogen (secondary N) is 3. The van der Waals surface area contributed by atoms with Crippen molar-refractivity contribution < 1.29 is 40.2 Å². The minimum Gasteiger partial charge on any atom is -0.370 e. The van der Waals surface area contributed by atoms with Crippen LogP contribution in [0.2, 0.25) is 0 Å². The maximum atomic E-state index is 13.6. The Bertz CT molecular complexity index is 1340. The number of thioether (sulfide) groups is 1. The van der Waals surface area contributed by atoms with Gasteiger partial charge in [0.15, 0.2) is 5.03 Å². The van der Waals surface area contributed by atoms with Crippen LogP contribution in [0.15, 0.2) is 26.8 Å². The van der Waals surface area contributed by atoms with E-state index >= 15 is 0 Å². The van der Waals surface area contributed by atoms with E-state index in [4.69, 9.17) is 0 Å². The Labute approximate surface area is 243 Å². The van der Waals surface area contributed by atoms with Gasteiger partial charge < -0.3 is 15.5 Å². The molecule has 0 bridgehead atoms. The number of hydrogen-bond acceptors (Lipinski definition) is 10. The van der Waals surface area contributed by atoms with Gasteiger partial charge in [0.05, 0.1) is 24.2 Å². The summed E-state index contributed by atoms with van der Waals surface area (Å²) in [5, 5.41) is 12.2. The Morgan fingerprint density at radius 3 is 2.43 bits per heavy atom. The molecule has 42 heavy (non-hydrogen) atoms. The van der Waals surface area contributed by atoms with Crippen LogP contribution in [0.5, 0.6) is 0 Å². The number of nitrogens with zero attached hydrogens (tertiary/aromatic N) is 4. The number of aromatic nitrogens is 3. The zero-order valence-corrected chi connectivity index (χ0v) is 24.0. The van der Waals surface area contributed by atoms with Crippen LogP contribution in [0, 0.1) is 5.92 Å². The number of amides is 2. The number of carbonyl (C=O) groups excluding carboxylic acids is 2. The van der Waals surface area contributed by atoms with Crippen molar-refractivity contribution in [1.29, 1.82) is 0 Å². The number of sulfonamides is 1. The van der Waals surface area contributed by atoms with E-state index in [1.807, 2.05) is 4.72 Å². The third-order valence-corrected chi connectivity index (χ3v) is 9.37. The van der Waals surface area contributed by atoms with Gasteiger partial charge in [0.25, 0.3) is 12.3 Å². The average Bonchev–Trinajstić information content (AvgIpc) is 3.67. The summed E-state index contributed by atoms with van der Waals surface area (Å²) in [6.07, 6.45) is 0.959. The SMILES string of the molecule is O=C(N[C@H](C(=O)Nc1cc(N2CCCC2)c(S(=O)(=O)NCC(F)F)cn1)C1CCCCC1)c1nonc1SCC(F)F. The number of anilines is 2. The topological polar surface area (TPSA) is 159 Å². The van der Waals surface area contributed by atoms with Crippen molar-refractivity contribution in [1.82, 2.24) is 25.3 Å². The lowest BCUT2D eigenvalue weighted by atomic mass is 9.83. The summed E-state index contributed by atoms with van der Waals surface area (Å²) in [6.45, 7) is -0.0211. The molecule has 1 atom stereocenters. The molecular weight excluding hydrogens is 606 g/mol. The second kappa shape index (κ2) is 14.5. The van der Waals surface area contributed by atoms with Crippen molar-refractivity contribution in [2.45, 2.75) is 73.8 Å². The smallest absolute Gasteiger partial charge is 0.277 e. The molecule has 1 aliphatic heterocycles. The summed E-state index contributed by atoms with van der Waals surface area (Å²) in [5.74, 6) is -2.33. The Morgan fingerprint density at radius 1 is 1.05 bits per heavy atom. The Balaban J connectivity index is 1.57. The number of hydrogen-bond donors (Lipinski definition) is 3. The second-order valence-electron chi connectivity index (χ2n) is 9.93. The molecule has 1 aliphatic carbocycles. The van der Waals surface area contributed by atoms with Gasteiger partial charge in [0.1, 0.15) is 16.8 Å². The minimum absolute atomic E-state index is 0.000971. The molecule has 4 rings (SSSR count). The molecule has 232 valence electrons. The van der Waals surface area contributed by atoms with Gasteiger partial charge in [-0.05, 0) is 41.9 Å². The lowest BCUT2D eigenvalue weighted by Gasteiger charge is -2.30. The number of rotatable bonds is 13. The summed E-state index contributed by atoms with van der Waals surface area (Å²) < 4.78 is 82.9. The van der Waals surface area contributed by atoms with E-state index in [0.717, 1.165) is 38.3 Å². The van der Waals surface area contributed by atoms with Crippen LogP contribution in [-0.4, -0.2) is 79.8 Å². The highest BCUT2D eigenvalue weighted by molar-refractivity contribution is 7.99. The molecule has 12 nitrogen and oxygen atoms in total. The van der Waals surface area contributed by atoms with Gasteiger partial charge in [-0.15, -0.1) is 0 Å². The molecular formula is C24H31F4N7O5S2. The first-order valence-electron chi connectivity index (χ1n) is 13.4. The maximum absolute atomic E-state index is 13.6. The molecule has 2 aliphatic rings. The fourth-order valence-electron chi connectivity index (χ4n) is 5.00. The van der Waals surface area contributed by atoms with Crippen LogP contribution in [0.1, 0.15) is 55.4 Å². The minimum atomic E-state index is -4.33. The predicted octanol–water partition coefficient (Wildman–Crippen LogP) is 3.28. The summed E-state index contributed by atoms with van der Waals surface area (Å²) in [7, 11) is -4.33. The second-order valence-corrected chi connectivity index (χ2v) is 12.7. The van der Waals surface area contributed by atoms with Crippen LogP contribution in [0.25, 0.3) is 0 Å². The van der Waals surface area contributed by atoms with Gasteiger partial charge >= 0.3 is 0 Å². The summed E-state index contributed by atoms with van der Waals surface area (Å²) >= 11 is 0.596. The van der Waals surface area contributed by atoms with Crippen LogP contribution in [0.3, 0.4) is 0 Å². The molecule has 0 unspecified atom stereocenters. The standard InChI is InChI=1S/C24H31F4N7O5S2/c25-17(26)12-30-42(38,39)16-11-29-19(10-15(16)35-8-4-5-9-35)31-22(36)20(14-6-2-1-3-7-14)32-23(37)21-24(34-40-33-21)41-13-18(27)28/h10-11,14,17-18,20,30H,1-9,12-13H2,(H,32,37)(H,29,31,36)/t20-/m0/s1. The first kappa shape index (κ1) is 31.9. The van der Waals surface area contributed by atoms with Crippen molar-refractivity contribution in [3.05, 3.63) is 18.0 Å². The Kier molecular flexibility index (Phi) is 11.0. The van der Waals surface area contributed by atoms with E-state index in [1.165, 1.54) is 6.07 Å². The van der Waals surface area contributed by atoms with Gasteiger partial charge in [-0.1, -0.05) is 31.0 Å². The van der Waals surface area contributed by atoms with Crippen molar-refractivity contribution in [3.63, 3.8) is 0 Å². The first-order valence-corrected chi connectivity index (χ1v) is 15.9. The fraction of sp³-hybridized carbons (Fsp3) is 0.625.